The van der Waals surface area contributed by atoms with Gasteiger partial charge in [-0.25, -0.2) is 4.68 Å². The maximum Gasteiger partial charge on any atom is 0.225 e. The van der Waals surface area contributed by atoms with E-state index in [1.807, 2.05) is 13.8 Å². The largest absolute Gasteiger partial charge is 0.296 e. The number of nitrogens with zero attached hydrogens (tertiary/aromatic N) is 4. The second-order valence-corrected chi connectivity index (χ2v) is 6.79. The first-order valence-corrected chi connectivity index (χ1v) is 8.31. The molecule has 0 aliphatic rings. The van der Waals surface area contributed by atoms with Gasteiger partial charge >= 0.3 is 0 Å². The number of aromatic nitrogens is 2. The van der Waals surface area contributed by atoms with E-state index in [-0.39, 0.29) is 27.4 Å². The highest BCUT2D eigenvalue weighted by atomic mass is 35.5. The Morgan fingerprint density at radius 2 is 2.00 bits per heavy atom. The van der Waals surface area contributed by atoms with Crippen molar-refractivity contribution in [3.63, 3.8) is 0 Å². The van der Waals surface area contributed by atoms with Crippen molar-refractivity contribution in [3.05, 3.63) is 39.0 Å². The SMILES string of the molecule is CC(=O)N(CC(C)C)c1c(C#N)cnn1-c1ccc(Cl)c(Cl)c1Cl. The van der Waals surface area contributed by atoms with E-state index in [2.05, 4.69) is 11.2 Å². The third kappa shape index (κ3) is 3.51. The first-order chi connectivity index (χ1) is 11.3. The molecular formula is C16H15Cl3N4O. The predicted octanol–water partition coefficient (Wildman–Crippen LogP) is 4.71. The van der Waals surface area contributed by atoms with Crippen molar-refractivity contribution in [2.24, 2.45) is 5.92 Å². The molecule has 24 heavy (non-hydrogen) atoms. The zero-order chi connectivity index (χ0) is 18.0. The number of carbonyl (C=O) groups excluding carboxylic acids is 1. The molecular weight excluding hydrogens is 371 g/mol. The van der Waals surface area contributed by atoms with Crippen molar-refractivity contribution in [3.8, 4) is 11.8 Å². The second kappa shape index (κ2) is 7.43. The zero-order valence-electron chi connectivity index (χ0n) is 13.3. The second-order valence-electron chi connectivity index (χ2n) is 5.62. The first kappa shape index (κ1) is 18.6. The van der Waals surface area contributed by atoms with E-state index in [9.17, 15) is 10.1 Å². The normalized spacial score (nSPS) is 10.8. The van der Waals surface area contributed by atoms with Crippen molar-refractivity contribution >= 4 is 46.5 Å². The van der Waals surface area contributed by atoms with Gasteiger partial charge in [-0.3, -0.25) is 9.69 Å². The minimum atomic E-state index is -0.196. The highest BCUT2D eigenvalue weighted by Crippen LogP contribution is 2.36. The molecule has 2 rings (SSSR count). The van der Waals surface area contributed by atoms with Crippen molar-refractivity contribution in [2.45, 2.75) is 20.8 Å². The molecule has 126 valence electrons. The Labute approximate surface area is 155 Å². The number of hydrogen-bond acceptors (Lipinski definition) is 3. The quantitative estimate of drug-likeness (QED) is 0.716. The highest BCUT2D eigenvalue weighted by molar-refractivity contribution is 6.48. The van der Waals surface area contributed by atoms with Gasteiger partial charge in [0.1, 0.15) is 11.6 Å². The number of hydrogen-bond donors (Lipinski definition) is 0. The molecule has 8 heteroatoms. The number of nitriles is 1. The lowest BCUT2D eigenvalue weighted by Gasteiger charge is -2.24. The average molecular weight is 386 g/mol. The van der Waals surface area contributed by atoms with Crippen LogP contribution >= 0.6 is 34.8 Å². The van der Waals surface area contributed by atoms with Crippen LogP contribution in [-0.2, 0) is 4.79 Å². The van der Waals surface area contributed by atoms with Gasteiger partial charge in [0.25, 0.3) is 0 Å². The van der Waals surface area contributed by atoms with Crippen LogP contribution in [0.2, 0.25) is 15.1 Å². The predicted molar refractivity (Wildman–Crippen MR) is 96.2 cm³/mol. The van der Waals surface area contributed by atoms with Crippen molar-refractivity contribution in [1.82, 2.24) is 9.78 Å². The lowest BCUT2D eigenvalue weighted by atomic mass is 10.2. The number of rotatable bonds is 4. The van der Waals surface area contributed by atoms with Gasteiger partial charge in [-0.05, 0) is 18.1 Å². The lowest BCUT2D eigenvalue weighted by Crippen LogP contribution is -2.34. The van der Waals surface area contributed by atoms with Crippen LogP contribution in [0.3, 0.4) is 0 Å². The molecule has 0 aliphatic carbocycles. The third-order valence-corrected chi connectivity index (χ3v) is 4.57. The summed E-state index contributed by atoms with van der Waals surface area (Å²) in [6, 6.07) is 5.29. The molecule has 2 aromatic rings. The number of halogens is 3. The molecule has 0 spiro atoms. The standard InChI is InChI=1S/C16H15Cl3N4O/c1-9(2)8-22(10(3)24)16-11(6-20)7-21-23(16)13-5-4-12(17)14(18)15(13)19/h4-5,7,9H,8H2,1-3H3. The van der Waals surface area contributed by atoms with Gasteiger partial charge in [0.05, 0.1) is 27.0 Å². The fourth-order valence-electron chi connectivity index (χ4n) is 2.27. The summed E-state index contributed by atoms with van der Waals surface area (Å²) < 4.78 is 1.44. The topological polar surface area (TPSA) is 61.9 Å². The molecule has 0 bridgehead atoms. The van der Waals surface area contributed by atoms with Gasteiger partial charge in [-0.1, -0.05) is 48.7 Å². The summed E-state index contributed by atoms with van der Waals surface area (Å²) in [7, 11) is 0. The number of benzene rings is 1. The van der Waals surface area contributed by atoms with Crippen LogP contribution in [0.4, 0.5) is 5.82 Å². The molecule has 1 heterocycles. The minimum Gasteiger partial charge on any atom is -0.296 e. The summed E-state index contributed by atoms with van der Waals surface area (Å²) in [6.45, 7) is 5.84. The van der Waals surface area contributed by atoms with E-state index in [4.69, 9.17) is 34.8 Å². The van der Waals surface area contributed by atoms with E-state index < -0.39 is 0 Å². The third-order valence-electron chi connectivity index (χ3n) is 3.29. The van der Waals surface area contributed by atoms with Crippen LogP contribution < -0.4 is 4.90 Å². The van der Waals surface area contributed by atoms with Crippen LogP contribution in [0.25, 0.3) is 5.69 Å². The lowest BCUT2D eigenvalue weighted by molar-refractivity contribution is -0.116. The molecule has 0 N–H and O–H groups in total. The van der Waals surface area contributed by atoms with Crippen molar-refractivity contribution < 1.29 is 4.79 Å². The number of amides is 1. The molecule has 0 unspecified atom stereocenters. The molecule has 0 fully saturated rings. The fourth-order valence-corrected chi connectivity index (χ4v) is 2.88. The van der Waals surface area contributed by atoms with Gasteiger partial charge in [-0.2, -0.15) is 10.4 Å². The van der Waals surface area contributed by atoms with Crippen LogP contribution in [0.5, 0.6) is 0 Å². The molecule has 0 saturated carbocycles. The maximum absolute atomic E-state index is 12.1. The summed E-state index contributed by atoms with van der Waals surface area (Å²) in [5, 5.41) is 14.3. The Morgan fingerprint density at radius 3 is 2.54 bits per heavy atom. The molecule has 1 amide bonds. The maximum atomic E-state index is 12.1. The van der Waals surface area contributed by atoms with E-state index in [0.29, 0.717) is 23.1 Å². The Kier molecular flexibility index (Phi) is 5.76. The zero-order valence-corrected chi connectivity index (χ0v) is 15.6. The summed E-state index contributed by atoms with van der Waals surface area (Å²) in [5.74, 6) is 0.366. The molecule has 1 aromatic heterocycles. The van der Waals surface area contributed by atoms with E-state index in [1.54, 1.807) is 12.1 Å². The first-order valence-electron chi connectivity index (χ1n) is 7.18. The molecule has 0 aliphatic heterocycles. The van der Waals surface area contributed by atoms with Gasteiger partial charge in [0.15, 0.2) is 5.82 Å². The van der Waals surface area contributed by atoms with Crippen LogP contribution in [-0.4, -0.2) is 22.2 Å². The summed E-state index contributed by atoms with van der Waals surface area (Å²) in [4.78, 5) is 13.6. The smallest absolute Gasteiger partial charge is 0.225 e. The molecule has 0 saturated heterocycles. The summed E-state index contributed by atoms with van der Waals surface area (Å²) in [6.07, 6.45) is 1.39. The van der Waals surface area contributed by atoms with Gasteiger partial charge in [-0.15, -0.1) is 0 Å². The van der Waals surface area contributed by atoms with Crippen LogP contribution in [0.15, 0.2) is 18.3 Å². The van der Waals surface area contributed by atoms with Crippen molar-refractivity contribution in [2.75, 3.05) is 11.4 Å². The number of anilines is 1. The van der Waals surface area contributed by atoms with E-state index >= 15 is 0 Å². The molecule has 1 aromatic carbocycles. The minimum absolute atomic E-state index is 0.189. The van der Waals surface area contributed by atoms with E-state index in [1.165, 1.54) is 22.7 Å². The average Bonchev–Trinajstić information content (AvgIpc) is 2.93. The van der Waals surface area contributed by atoms with Crippen molar-refractivity contribution in [1.29, 1.82) is 5.26 Å². The Bertz CT molecular complexity index is 823. The molecule has 5 nitrogen and oxygen atoms in total. The Balaban J connectivity index is 2.70. The fraction of sp³-hybridized carbons (Fsp3) is 0.312. The Hall–Kier alpha value is -1.74. The van der Waals surface area contributed by atoms with Crippen LogP contribution in [0, 0.1) is 17.2 Å². The van der Waals surface area contributed by atoms with E-state index in [0.717, 1.165) is 0 Å². The summed E-state index contributed by atoms with van der Waals surface area (Å²) in [5.41, 5.74) is 0.713. The van der Waals surface area contributed by atoms with Crippen LogP contribution in [0.1, 0.15) is 26.3 Å². The Morgan fingerprint density at radius 1 is 1.33 bits per heavy atom. The van der Waals surface area contributed by atoms with Gasteiger partial charge in [0, 0.05) is 13.5 Å². The molecule has 0 radical (unpaired) electrons. The summed E-state index contributed by atoms with van der Waals surface area (Å²) >= 11 is 18.4. The van der Waals surface area contributed by atoms with Gasteiger partial charge < -0.3 is 0 Å². The number of carbonyl (C=O) groups is 1. The molecule has 0 atom stereocenters. The highest BCUT2D eigenvalue weighted by Gasteiger charge is 2.24. The van der Waals surface area contributed by atoms with Gasteiger partial charge in [0.2, 0.25) is 5.91 Å². The monoisotopic (exact) mass is 384 g/mol.